The molecule has 9 amide bonds. The summed E-state index contributed by atoms with van der Waals surface area (Å²) in [5, 5.41) is 47.4. The molecule has 0 bridgehead atoms. The van der Waals surface area contributed by atoms with Crippen molar-refractivity contribution in [2.24, 2.45) is 33.7 Å². The summed E-state index contributed by atoms with van der Waals surface area (Å²) in [7, 11) is 0. The van der Waals surface area contributed by atoms with E-state index in [4.69, 9.17) is 28.7 Å². The van der Waals surface area contributed by atoms with Gasteiger partial charge in [0.15, 0.2) is 12.0 Å². The van der Waals surface area contributed by atoms with Crippen molar-refractivity contribution in [2.45, 2.75) is 119 Å². The van der Waals surface area contributed by atoms with E-state index in [0.717, 1.165) is 6.92 Å². The molecule has 0 aromatic carbocycles. The van der Waals surface area contributed by atoms with Gasteiger partial charge in [-0.25, -0.2) is 4.79 Å². The summed E-state index contributed by atoms with van der Waals surface area (Å²) in [5.74, 6) is -13.2. The fraction of sp³-hybridized carbons (Fsp3) is 0.676. The molecule has 21 N–H and O–H groups in total. The maximum atomic E-state index is 13.9. The first-order valence-corrected chi connectivity index (χ1v) is 23.7. The number of aliphatic imine (C=N–C) groups is 1. The minimum absolute atomic E-state index is 0.0379. The van der Waals surface area contributed by atoms with Crippen molar-refractivity contribution < 1.29 is 68.1 Å². The largest absolute Gasteiger partial charge is 0.481 e. The highest BCUT2D eigenvalue weighted by Crippen LogP contribution is 2.09. The number of thiol groups is 4. The van der Waals surface area contributed by atoms with Crippen LogP contribution in [0.1, 0.15) is 58.3 Å². The molecule has 69 heavy (non-hydrogen) atoms. The van der Waals surface area contributed by atoms with Gasteiger partial charge < -0.3 is 86.5 Å². The number of nitrogens with zero attached hydrogens (tertiary/aromatic N) is 1. The Morgan fingerprint density at radius 1 is 0.522 bits per heavy atom. The van der Waals surface area contributed by atoms with Crippen LogP contribution in [0.5, 0.6) is 0 Å². The highest BCUT2D eigenvalue weighted by molar-refractivity contribution is 7.80. The number of hydrogen-bond donors (Lipinski definition) is 20. The molecule has 0 rings (SSSR count). The first kappa shape index (κ1) is 63.7. The Hall–Kier alpha value is -5.28. The predicted molar refractivity (Wildman–Crippen MR) is 262 cm³/mol. The van der Waals surface area contributed by atoms with Gasteiger partial charge in [-0.05, 0) is 52.0 Å². The summed E-state index contributed by atoms with van der Waals surface area (Å²) in [5.41, 5.74) is 27.1. The molecule has 0 radical (unpaired) electrons. The zero-order valence-corrected chi connectivity index (χ0v) is 41.2. The number of nitrogens with two attached hydrogens (primary N) is 5. The van der Waals surface area contributed by atoms with Gasteiger partial charge in [0.2, 0.25) is 53.2 Å². The van der Waals surface area contributed by atoms with Gasteiger partial charge in [0.1, 0.15) is 42.3 Å². The van der Waals surface area contributed by atoms with Gasteiger partial charge in [0.25, 0.3) is 0 Å². The molecule has 0 aliphatic heterocycles. The van der Waals surface area contributed by atoms with Crippen LogP contribution >= 0.6 is 50.5 Å². The lowest BCUT2D eigenvalue weighted by Gasteiger charge is -2.27. The van der Waals surface area contributed by atoms with Crippen LogP contribution in [0.3, 0.4) is 0 Å². The van der Waals surface area contributed by atoms with Crippen molar-refractivity contribution in [1.29, 1.82) is 0 Å². The minimum Gasteiger partial charge on any atom is -0.481 e. The van der Waals surface area contributed by atoms with Crippen molar-refractivity contribution in [3.63, 3.8) is 0 Å². The van der Waals surface area contributed by atoms with Gasteiger partial charge in [0, 0.05) is 36.0 Å². The Morgan fingerprint density at radius 2 is 0.870 bits per heavy atom. The molecule has 0 saturated heterocycles. The summed E-state index contributed by atoms with van der Waals surface area (Å²) in [6, 6.07) is -13.4. The van der Waals surface area contributed by atoms with E-state index >= 15 is 0 Å². The molecule has 0 spiro atoms. The summed E-state index contributed by atoms with van der Waals surface area (Å²) >= 11 is 16.4. The normalized spacial score (nSPS) is 15.2. The molecule has 0 aliphatic rings. The summed E-state index contributed by atoms with van der Waals surface area (Å²) in [6.07, 6.45) is -2.88. The number of aliphatic hydroxyl groups excluding tert-OH is 1. The topological polar surface area (TPSA) is 487 Å². The lowest BCUT2D eigenvalue weighted by molar-refractivity contribution is -0.145. The third-order valence-corrected chi connectivity index (χ3v) is 11.0. The Bertz CT molecular complexity index is 1820. The van der Waals surface area contributed by atoms with Crippen LogP contribution in [0.15, 0.2) is 4.99 Å². The molecule has 0 aromatic rings. The van der Waals surface area contributed by atoms with Crippen molar-refractivity contribution >= 4 is 122 Å². The number of nitrogens with one attached hydrogen (secondary N) is 8. The predicted octanol–water partition coefficient (Wildman–Crippen LogP) is -7.70. The lowest BCUT2D eigenvalue weighted by Crippen LogP contribution is -2.61. The van der Waals surface area contributed by atoms with E-state index in [1.54, 1.807) is 0 Å². The van der Waals surface area contributed by atoms with Crippen LogP contribution in [0.25, 0.3) is 0 Å². The van der Waals surface area contributed by atoms with Crippen LogP contribution in [-0.4, -0.2) is 183 Å². The second-order valence-corrected chi connectivity index (χ2v) is 16.6. The van der Waals surface area contributed by atoms with Crippen LogP contribution in [0, 0.1) is 0 Å². The molecule has 0 unspecified atom stereocenters. The molecule has 0 aliphatic carbocycles. The van der Waals surface area contributed by atoms with Crippen LogP contribution in [0.2, 0.25) is 0 Å². The van der Waals surface area contributed by atoms with Crippen LogP contribution in [0.4, 0.5) is 0 Å². The SMILES string of the molecule is C[C@@H](O)[C@H](NC(=O)[C@H](CCC(=O)O)NC(=O)[C@H](CCCN=C(N)N)NC(=O)[C@H](CCCCN)NC(=O)[C@H](CS)NC(=O)[C@H](CS)NC(=O)[C@H](CS)NC(=O)[C@H](CS)NC(=O)[C@@H](N)CC(N)=O)C(=O)O. The number of carboxylic acids is 2. The van der Waals surface area contributed by atoms with Crippen LogP contribution < -0.4 is 71.2 Å². The van der Waals surface area contributed by atoms with Gasteiger partial charge in [0.05, 0.1) is 18.6 Å². The number of amides is 9. The van der Waals surface area contributed by atoms with E-state index in [9.17, 15) is 68.1 Å². The summed E-state index contributed by atoms with van der Waals surface area (Å²) in [6.45, 7) is 1.23. The third-order valence-electron chi connectivity index (χ3n) is 9.50. The van der Waals surface area contributed by atoms with Crippen molar-refractivity contribution in [3.8, 4) is 0 Å². The van der Waals surface area contributed by atoms with E-state index in [1.165, 1.54) is 0 Å². The van der Waals surface area contributed by atoms with Crippen molar-refractivity contribution in [1.82, 2.24) is 42.5 Å². The molecule has 28 nitrogen and oxygen atoms in total. The van der Waals surface area contributed by atoms with Crippen LogP contribution in [-0.2, 0) is 52.7 Å². The second kappa shape index (κ2) is 34.1. The van der Waals surface area contributed by atoms with E-state index in [2.05, 4.69) is 92.7 Å². The molecule has 0 aromatic heterocycles. The Morgan fingerprint density at radius 3 is 1.20 bits per heavy atom. The maximum absolute atomic E-state index is 13.9. The first-order chi connectivity index (χ1) is 32.4. The minimum atomic E-state index is -1.84. The number of rotatable bonds is 35. The van der Waals surface area contributed by atoms with E-state index in [-0.39, 0.29) is 67.7 Å². The second-order valence-electron chi connectivity index (χ2n) is 15.2. The monoisotopic (exact) mass is 1060 g/mol. The fourth-order valence-electron chi connectivity index (χ4n) is 5.71. The number of carboxylic acid groups (broad SMARTS) is 2. The van der Waals surface area contributed by atoms with Gasteiger partial charge in [-0.2, -0.15) is 50.5 Å². The van der Waals surface area contributed by atoms with Gasteiger partial charge in [-0.3, -0.25) is 52.9 Å². The molecule has 0 fully saturated rings. The smallest absolute Gasteiger partial charge is 0.328 e. The number of primary amides is 1. The molecule has 0 saturated carbocycles. The molecule has 0 heterocycles. The zero-order valence-electron chi connectivity index (χ0n) is 37.6. The Balaban J connectivity index is 6.33. The maximum Gasteiger partial charge on any atom is 0.328 e. The average molecular weight is 1060 g/mol. The standard InChI is InChI=1S/C37H66N14O14S4/c1-16(52)27(36(64)65)51-31(59)20(7-8-26(54)55)46-30(58)19(6-4-10-43-37(41)42)44-29(57)18(5-2-3-9-38)45-32(60)22(13-67)48-34(62)24(15-69)50-35(63)23(14-68)49-33(61)21(12-66)47-28(56)17(39)11-25(40)53/h16-24,27,52,66-69H,2-15,38-39H2,1H3,(H2,40,53)(H,44,57)(H,45,60)(H,46,58)(H,47,56)(H,48,62)(H,49,61)(H,50,63)(H,51,59)(H,54,55)(H,64,65)(H4,41,42,43)/t16-,17+,18+,19+,20+,21+,22+,23+,24+,27+/m1/s1. The number of carbonyl (C=O) groups excluding carboxylic acids is 9. The molecule has 32 heteroatoms. The van der Waals surface area contributed by atoms with E-state index < -0.39 is 145 Å². The third kappa shape index (κ3) is 25.2. The lowest BCUT2D eigenvalue weighted by atomic mass is 10.0. The van der Waals surface area contributed by atoms with Crippen molar-refractivity contribution in [2.75, 3.05) is 36.1 Å². The Labute approximate surface area is 419 Å². The number of carbonyl (C=O) groups is 11. The molecular weight excluding hydrogens is 993 g/mol. The van der Waals surface area contributed by atoms with E-state index in [1.807, 2.05) is 5.32 Å². The summed E-state index contributed by atoms with van der Waals surface area (Å²) in [4.78, 5) is 144. The fourth-order valence-corrected chi connectivity index (χ4v) is 6.74. The average Bonchev–Trinajstić information content (AvgIpc) is 3.27. The summed E-state index contributed by atoms with van der Waals surface area (Å²) < 4.78 is 0. The molecule has 10 atom stereocenters. The highest BCUT2D eigenvalue weighted by atomic mass is 32.1. The van der Waals surface area contributed by atoms with Gasteiger partial charge >= 0.3 is 11.9 Å². The molecular formula is C37H66N14O14S4. The first-order valence-electron chi connectivity index (χ1n) is 21.2. The zero-order chi connectivity index (χ0) is 53.0. The number of hydrogen-bond acceptors (Lipinski definition) is 19. The molecule has 392 valence electrons. The van der Waals surface area contributed by atoms with Gasteiger partial charge in [-0.1, -0.05) is 0 Å². The number of aliphatic hydroxyl groups is 1. The van der Waals surface area contributed by atoms with Crippen molar-refractivity contribution in [3.05, 3.63) is 0 Å². The Kier molecular flexibility index (Phi) is 31.5. The number of aliphatic carboxylic acids is 2. The van der Waals surface area contributed by atoms with Gasteiger partial charge in [-0.15, -0.1) is 0 Å². The van der Waals surface area contributed by atoms with E-state index in [0.29, 0.717) is 6.42 Å². The quantitative estimate of drug-likeness (QED) is 0.0121. The highest BCUT2D eigenvalue weighted by Gasteiger charge is 2.35. The number of unbranched alkanes of at least 4 members (excludes halogenated alkanes) is 1. The number of guanidine groups is 1.